The van der Waals surface area contributed by atoms with E-state index in [-0.39, 0.29) is 17.7 Å². The Morgan fingerprint density at radius 3 is 2.73 bits per heavy atom. The van der Waals surface area contributed by atoms with E-state index in [2.05, 4.69) is 15.8 Å². The number of hydrogen-bond acceptors (Lipinski definition) is 6. The fourth-order valence-electron chi connectivity index (χ4n) is 4.29. The minimum atomic E-state index is -0.411. The molecule has 2 aromatic heterocycles. The Hall–Kier alpha value is -2.68. The maximum atomic E-state index is 13.1. The molecule has 3 heterocycles. The summed E-state index contributed by atoms with van der Waals surface area (Å²) in [7, 11) is 0. The highest BCUT2D eigenvalue weighted by atomic mass is 35.5. The Balaban J connectivity index is 1.35. The molecule has 1 aliphatic heterocycles. The Bertz CT molecular complexity index is 1170. The van der Waals surface area contributed by atoms with Crippen molar-refractivity contribution in [3.8, 4) is 11.3 Å². The number of halogens is 1. The van der Waals surface area contributed by atoms with Crippen LogP contribution in [-0.2, 0) is 17.6 Å². The number of aryl methyl sites for hydroxylation is 1. The number of benzene rings is 1. The molecule has 5 rings (SSSR count). The maximum absolute atomic E-state index is 13.1. The van der Waals surface area contributed by atoms with Gasteiger partial charge in [0.2, 0.25) is 0 Å². The van der Waals surface area contributed by atoms with E-state index in [1.54, 1.807) is 30.3 Å². The Labute approximate surface area is 200 Å². The summed E-state index contributed by atoms with van der Waals surface area (Å²) in [6.45, 7) is 1.22. The van der Waals surface area contributed by atoms with Crippen LogP contribution in [0.3, 0.4) is 0 Å². The molecular weight excluding hydrogens is 462 g/mol. The van der Waals surface area contributed by atoms with Crippen molar-refractivity contribution in [2.24, 2.45) is 0 Å². The van der Waals surface area contributed by atoms with Crippen LogP contribution in [0.2, 0.25) is 5.02 Å². The van der Waals surface area contributed by atoms with Crippen LogP contribution < -0.4 is 10.6 Å². The average molecular weight is 486 g/mol. The van der Waals surface area contributed by atoms with Gasteiger partial charge >= 0.3 is 0 Å². The number of amides is 2. The third-order valence-corrected chi connectivity index (χ3v) is 7.47. The van der Waals surface area contributed by atoms with E-state index in [0.29, 0.717) is 27.9 Å². The van der Waals surface area contributed by atoms with Gasteiger partial charge in [-0.1, -0.05) is 16.8 Å². The fourth-order valence-corrected chi connectivity index (χ4v) is 5.70. The number of anilines is 1. The zero-order valence-electron chi connectivity index (χ0n) is 18.0. The number of aromatic nitrogens is 1. The fraction of sp³-hybridized carbons (Fsp3) is 0.375. The van der Waals surface area contributed by atoms with E-state index in [4.69, 9.17) is 20.9 Å². The average Bonchev–Trinajstić information content (AvgIpc) is 3.57. The van der Waals surface area contributed by atoms with Crippen molar-refractivity contribution in [2.75, 3.05) is 18.5 Å². The third-order valence-electron chi connectivity index (χ3n) is 6.01. The molecule has 2 amide bonds. The number of carbonyl (C=O) groups is 2. The molecule has 1 aromatic carbocycles. The van der Waals surface area contributed by atoms with Crippen molar-refractivity contribution < 1.29 is 18.8 Å². The maximum Gasteiger partial charge on any atom is 0.278 e. The first kappa shape index (κ1) is 22.1. The molecule has 2 aliphatic rings. The number of nitrogens with one attached hydrogen (secondary N) is 2. The first-order valence-corrected chi connectivity index (χ1v) is 12.4. The molecule has 7 nitrogen and oxygen atoms in total. The predicted molar refractivity (Wildman–Crippen MR) is 127 cm³/mol. The van der Waals surface area contributed by atoms with E-state index in [1.165, 1.54) is 16.2 Å². The number of ether oxygens (including phenoxy) is 1. The molecule has 1 aliphatic carbocycles. The van der Waals surface area contributed by atoms with Gasteiger partial charge in [0, 0.05) is 34.7 Å². The summed E-state index contributed by atoms with van der Waals surface area (Å²) in [6.07, 6.45) is 5.92. The van der Waals surface area contributed by atoms with Gasteiger partial charge in [0.25, 0.3) is 11.8 Å². The van der Waals surface area contributed by atoms with Crippen LogP contribution in [0, 0.1) is 0 Å². The highest BCUT2D eigenvalue weighted by molar-refractivity contribution is 7.17. The molecule has 0 unspecified atom stereocenters. The summed E-state index contributed by atoms with van der Waals surface area (Å²) in [5, 5.41) is 11.0. The second-order valence-corrected chi connectivity index (χ2v) is 9.84. The zero-order chi connectivity index (χ0) is 22.8. The lowest BCUT2D eigenvalue weighted by Crippen LogP contribution is -2.32. The minimum Gasteiger partial charge on any atom is -0.376 e. The van der Waals surface area contributed by atoms with Gasteiger partial charge in [0.05, 0.1) is 11.7 Å². The van der Waals surface area contributed by atoms with Crippen molar-refractivity contribution in [3.05, 3.63) is 57.1 Å². The molecule has 9 heteroatoms. The first-order chi connectivity index (χ1) is 16.1. The van der Waals surface area contributed by atoms with Gasteiger partial charge in [-0.25, -0.2) is 0 Å². The SMILES string of the molecule is O=C(Nc1sc2c(c1C(=O)NC[C@H]1CCCO1)CCCC2)c1cc(-c2ccc(Cl)cc2)on1. The van der Waals surface area contributed by atoms with Gasteiger partial charge in [-0.15, -0.1) is 11.3 Å². The van der Waals surface area contributed by atoms with Gasteiger partial charge < -0.3 is 19.9 Å². The summed E-state index contributed by atoms with van der Waals surface area (Å²) in [6, 6.07) is 8.68. The Morgan fingerprint density at radius 1 is 1.12 bits per heavy atom. The van der Waals surface area contributed by atoms with E-state index < -0.39 is 5.91 Å². The normalized spacial score (nSPS) is 17.5. The van der Waals surface area contributed by atoms with Crippen molar-refractivity contribution in [2.45, 2.75) is 44.6 Å². The second kappa shape index (κ2) is 9.67. The van der Waals surface area contributed by atoms with E-state index in [9.17, 15) is 9.59 Å². The van der Waals surface area contributed by atoms with Gasteiger partial charge in [-0.2, -0.15) is 0 Å². The number of hydrogen-bond donors (Lipinski definition) is 2. The summed E-state index contributed by atoms with van der Waals surface area (Å²) in [4.78, 5) is 27.3. The largest absolute Gasteiger partial charge is 0.376 e. The topological polar surface area (TPSA) is 93.5 Å². The van der Waals surface area contributed by atoms with Gasteiger partial charge in [0.1, 0.15) is 5.00 Å². The molecule has 0 radical (unpaired) electrons. The molecule has 0 spiro atoms. The van der Waals surface area contributed by atoms with Crippen LogP contribution in [0.4, 0.5) is 5.00 Å². The first-order valence-electron chi connectivity index (χ1n) is 11.2. The van der Waals surface area contributed by atoms with Gasteiger partial charge in [-0.05, 0) is 68.4 Å². The number of carbonyl (C=O) groups excluding carboxylic acids is 2. The van der Waals surface area contributed by atoms with Crippen LogP contribution in [0.1, 0.15) is 57.0 Å². The highest BCUT2D eigenvalue weighted by Crippen LogP contribution is 2.38. The summed E-state index contributed by atoms with van der Waals surface area (Å²) in [5.41, 5.74) is 2.54. The number of thiophene rings is 1. The second-order valence-electron chi connectivity index (χ2n) is 8.30. The van der Waals surface area contributed by atoms with Crippen LogP contribution >= 0.6 is 22.9 Å². The van der Waals surface area contributed by atoms with Gasteiger partial charge in [0.15, 0.2) is 11.5 Å². The molecule has 2 N–H and O–H groups in total. The zero-order valence-corrected chi connectivity index (χ0v) is 19.6. The van der Waals surface area contributed by atoms with Crippen molar-refractivity contribution in [1.29, 1.82) is 0 Å². The lowest BCUT2D eigenvalue weighted by molar-refractivity contribution is 0.0858. The molecule has 1 atom stereocenters. The summed E-state index contributed by atoms with van der Waals surface area (Å²) in [5.74, 6) is -0.107. The van der Waals surface area contributed by atoms with Crippen LogP contribution in [0.25, 0.3) is 11.3 Å². The highest BCUT2D eigenvalue weighted by Gasteiger charge is 2.28. The number of nitrogens with zero attached hydrogens (tertiary/aromatic N) is 1. The lowest BCUT2D eigenvalue weighted by Gasteiger charge is -2.15. The quantitative estimate of drug-likeness (QED) is 0.507. The summed E-state index contributed by atoms with van der Waals surface area (Å²) < 4.78 is 11.0. The molecule has 3 aromatic rings. The Morgan fingerprint density at radius 2 is 1.94 bits per heavy atom. The molecule has 33 heavy (non-hydrogen) atoms. The van der Waals surface area contributed by atoms with Gasteiger partial charge in [-0.3, -0.25) is 9.59 Å². The Kier molecular flexibility index (Phi) is 6.48. The lowest BCUT2D eigenvalue weighted by atomic mass is 9.95. The van der Waals surface area contributed by atoms with Crippen LogP contribution in [0.5, 0.6) is 0 Å². The smallest absolute Gasteiger partial charge is 0.278 e. The predicted octanol–water partition coefficient (Wildman–Crippen LogP) is 5.10. The molecular formula is C24H24ClN3O4S. The van der Waals surface area contributed by atoms with E-state index in [0.717, 1.165) is 56.3 Å². The number of rotatable bonds is 6. The summed E-state index contributed by atoms with van der Waals surface area (Å²) >= 11 is 7.42. The van der Waals surface area contributed by atoms with Crippen LogP contribution in [-0.4, -0.2) is 36.2 Å². The van der Waals surface area contributed by atoms with E-state index in [1.807, 2.05) is 0 Å². The van der Waals surface area contributed by atoms with Crippen LogP contribution in [0.15, 0.2) is 34.9 Å². The van der Waals surface area contributed by atoms with E-state index >= 15 is 0 Å². The van der Waals surface area contributed by atoms with Crippen molar-refractivity contribution >= 4 is 39.8 Å². The molecule has 1 saturated heterocycles. The molecule has 172 valence electrons. The monoisotopic (exact) mass is 485 g/mol. The van der Waals surface area contributed by atoms with Crippen molar-refractivity contribution in [3.63, 3.8) is 0 Å². The minimum absolute atomic E-state index is 0.0582. The molecule has 1 fully saturated rings. The molecule has 0 bridgehead atoms. The molecule has 0 saturated carbocycles. The number of fused-ring (bicyclic) bond motifs is 1. The third kappa shape index (κ3) is 4.83. The van der Waals surface area contributed by atoms with Crippen molar-refractivity contribution in [1.82, 2.24) is 10.5 Å². The standard InChI is InChI=1S/C24H24ClN3O4S/c25-15-9-7-14(8-10-15)19-12-18(28-32-19)22(29)27-24-21(17-5-1-2-6-20(17)33-24)23(30)26-13-16-4-3-11-31-16/h7-10,12,16H,1-6,11,13H2,(H,26,30)(H,27,29)/t16-/m1/s1.